The van der Waals surface area contributed by atoms with Crippen molar-refractivity contribution in [2.45, 2.75) is 26.5 Å². The second kappa shape index (κ2) is 8.08. The zero-order valence-electron chi connectivity index (χ0n) is 15.4. The van der Waals surface area contributed by atoms with Crippen molar-refractivity contribution in [2.24, 2.45) is 0 Å². The number of ether oxygens (including phenoxy) is 2. The molecule has 0 amide bonds. The van der Waals surface area contributed by atoms with E-state index in [-0.39, 0.29) is 24.2 Å². The number of benzene rings is 2. The van der Waals surface area contributed by atoms with E-state index in [1.54, 1.807) is 19.9 Å². The molecule has 0 aliphatic rings. The number of fused-ring (bicyclic) bond motifs is 1. The van der Waals surface area contributed by atoms with Crippen molar-refractivity contribution in [3.63, 3.8) is 0 Å². The van der Waals surface area contributed by atoms with Crippen LogP contribution < -0.4 is 16.0 Å². The average molecular weight is 386 g/mol. The molecule has 0 bridgehead atoms. The Morgan fingerprint density at radius 1 is 1.21 bits per heavy atom. The molecule has 0 aliphatic carbocycles. The standard InChI is InChI=1S/C20H19FN2O5/c1-3-23-18(24)16-8-7-13(9-17(16)22-20(23)26)19(25)28-12(2)11-27-15-6-4-5-14(21)10-15/h4-10,12H,3,11H2,1-2H3,(H,22,26). The second-order valence-corrected chi connectivity index (χ2v) is 6.22. The molecule has 8 heteroatoms. The highest BCUT2D eigenvalue weighted by molar-refractivity contribution is 5.94. The molecule has 1 unspecified atom stereocenters. The fraction of sp³-hybridized carbons (Fsp3) is 0.250. The Kier molecular flexibility index (Phi) is 5.58. The fourth-order valence-corrected chi connectivity index (χ4v) is 2.72. The van der Waals surface area contributed by atoms with Crippen LogP contribution in [0.4, 0.5) is 4.39 Å². The number of nitrogens with zero attached hydrogens (tertiary/aromatic N) is 1. The minimum atomic E-state index is -0.627. The highest BCUT2D eigenvalue weighted by Crippen LogP contribution is 2.14. The van der Waals surface area contributed by atoms with E-state index in [4.69, 9.17) is 9.47 Å². The molecule has 0 saturated carbocycles. The van der Waals surface area contributed by atoms with Gasteiger partial charge in [-0.3, -0.25) is 9.36 Å². The summed E-state index contributed by atoms with van der Waals surface area (Å²) in [6, 6.07) is 9.99. The summed E-state index contributed by atoms with van der Waals surface area (Å²) in [5.74, 6) is -0.717. The van der Waals surface area contributed by atoms with Crippen LogP contribution in [0.2, 0.25) is 0 Å². The topological polar surface area (TPSA) is 90.4 Å². The monoisotopic (exact) mass is 386 g/mol. The van der Waals surface area contributed by atoms with E-state index in [0.29, 0.717) is 11.1 Å². The van der Waals surface area contributed by atoms with Crippen molar-refractivity contribution in [1.29, 1.82) is 0 Å². The van der Waals surface area contributed by atoms with Crippen molar-refractivity contribution in [1.82, 2.24) is 9.55 Å². The lowest BCUT2D eigenvalue weighted by Gasteiger charge is -2.14. The Morgan fingerprint density at radius 2 is 2.00 bits per heavy atom. The Balaban J connectivity index is 1.72. The van der Waals surface area contributed by atoms with Gasteiger partial charge >= 0.3 is 11.7 Å². The van der Waals surface area contributed by atoms with E-state index >= 15 is 0 Å². The number of halogens is 1. The van der Waals surface area contributed by atoms with E-state index < -0.39 is 29.1 Å². The maximum absolute atomic E-state index is 13.1. The van der Waals surface area contributed by atoms with Crippen molar-refractivity contribution in [3.05, 3.63) is 74.7 Å². The van der Waals surface area contributed by atoms with Gasteiger partial charge in [-0.15, -0.1) is 0 Å². The van der Waals surface area contributed by atoms with Gasteiger partial charge in [-0.2, -0.15) is 0 Å². The molecule has 1 aromatic heterocycles. The summed E-state index contributed by atoms with van der Waals surface area (Å²) in [7, 11) is 0. The molecule has 1 N–H and O–H groups in total. The van der Waals surface area contributed by atoms with Crippen molar-refractivity contribution < 1.29 is 18.7 Å². The summed E-state index contributed by atoms with van der Waals surface area (Å²) >= 11 is 0. The zero-order valence-corrected chi connectivity index (χ0v) is 15.4. The van der Waals surface area contributed by atoms with Crippen LogP contribution in [-0.2, 0) is 11.3 Å². The van der Waals surface area contributed by atoms with E-state index in [2.05, 4.69) is 4.98 Å². The SMILES string of the molecule is CCn1c(=O)[nH]c2cc(C(=O)OC(C)COc3cccc(F)c3)ccc2c1=O. The first-order valence-corrected chi connectivity index (χ1v) is 8.75. The Morgan fingerprint density at radius 3 is 2.71 bits per heavy atom. The number of H-pyrrole nitrogens is 1. The first kappa shape index (κ1) is 19.3. The zero-order chi connectivity index (χ0) is 20.3. The van der Waals surface area contributed by atoms with Crippen LogP contribution in [-0.4, -0.2) is 28.2 Å². The smallest absolute Gasteiger partial charge is 0.338 e. The number of hydrogen-bond donors (Lipinski definition) is 1. The molecule has 0 radical (unpaired) electrons. The molecule has 28 heavy (non-hydrogen) atoms. The minimum Gasteiger partial charge on any atom is -0.490 e. The highest BCUT2D eigenvalue weighted by Gasteiger charge is 2.15. The van der Waals surface area contributed by atoms with Crippen LogP contribution in [0.15, 0.2) is 52.1 Å². The lowest BCUT2D eigenvalue weighted by atomic mass is 10.1. The summed E-state index contributed by atoms with van der Waals surface area (Å²) in [6.45, 7) is 3.62. The molecular weight excluding hydrogens is 367 g/mol. The van der Waals surface area contributed by atoms with E-state index in [1.165, 1.54) is 36.4 Å². The van der Waals surface area contributed by atoms with Gasteiger partial charge in [-0.05, 0) is 44.2 Å². The lowest BCUT2D eigenvalue weighted by Crippen LogP contribution is -2.34. The van der Waals surface area contributed by atoms with Gasteiger partial charge in [0.05, 0.1) is 16.5 Å². The predicted molar refractivity (Wildman–Crippen MR) is 101 cm³/mol. The molecule has 2 aromatic carbocycles. The molecule has 0 saturated heterocycles. The summed E-state index contributed by atoms with van der Waals surface area (Å²) < 4.78 is 24.9. The highest BCUT2D eigenvalue weighted by atomic mass is 19.1. The molecule has 7 nitrogen and oxygen atoms in total. The maximum atomic E-state index is 13.1. The third-order valence-corrected chi connectivity index (χ3v) is 4.12. The third-order valence-electron chi connectivity index (χ3n) is 4.12. The van der Waals surface area contributed by atoms with Gasteiger partial charge in [0.25, 0.3) is 5.56 Å². The van der Waals surface area contributed by atoms with Gasteiger partial charge in [0, 0.05) is 12.6 Å². The van der Waals surface area contributed by atoms with Crippen molar-refractivity contribution in [3.8, 4) is 5.75 Å². The quantitative estimate of drug-likeness (QED) is 0.658. The second-order valence-electron chi connectivity index (χ2n) is 6.22. The number of carbonyl (C=O) groups excluding carboxylic acids is 1. The van der Waals surface area contributed by atoms with Gasteiger partial charge in [-0.1, -0.05) is 6.07 Å². The Hall–Kier alpha value is -3.42. The van der Waals surface area contributed by atoms with Crippen molar-refractivity contribution >= 4 is 16.9 Å². The molecule has 3 aromatic rings. The van der Waals surface area contributed by atoms with Gasteiger partial charge in [0.2, 0.25) is 0 Å². The third kappa shape index (κ3) is 4.11. The molecule has 0 aliphatic heterocycles. The number of aromatic amines is 1. The van der Waals surface area contributed by atoms with Gasteiger partial charge in [0.15, 0.2) is 0 Å². The fourth-order valence-electron chi connectivity index (χ4n) is 2.72. The van der Waals surface area contributed by atoms with Gasteiger partial charge in [0.1, 0.15) is 24.3 Å². The first-order valence-electron chi connectivity index (χ1n) is 8.75. The van der Waals surface area contributed by atoms with Crippen LogP contribution in [0.25, 0.3) is 10.9 Å². The van der Waals surface area contributed by atoms with Crippen LogP contribution in [0.1, 0.15) is 24.2 Å². The lowest BCUT2D eigenvalue weighted by molar-refractivity contribution is 0.0228. The number of rotatable bonds is 6. The molecule has 146 valence electrons. The summed E-state index contributed by atoms with van der Waals surface area (Å²) in [6.07, 6.45) is -0.599. The normalized spacial score (nSPS) is 12.0. The Labute approximate surface area is 159 Å². The number of nitrogens with one attached hydrogen (secondary N) is 1. The van der Waals surface area contributed by atoms with Crippen molar-refractivity contribution in [2.75, 3.05) is 6.61 Å². The molecule has 0 fully saturated rings. The average Bonchev–Trinajstić information content (AvgIpc) is 2.66. The van der Waals surface area contributed by atoms with Crippen LogP contribution in [0, 0.1) is 5.82 Å². The molecule has 1 heterocycles. The largest absolute Gasteiger partial charge is 0.490 e. The summed E-state index contributed by atoms with van der Waals surface area (Å²) in [4.78, 5) is 39.1. The van der Waals surface area contributed by atoms with Crippen LogP contribution in [0.5, 0.6) is 5.75 Å². The van der Waals surface area contributed by atoms with E-state index in [0.717, 1.165) is 4.57 Å². The maximum Gasteiger partial charge on any atom is 0.338 e. The summed E-state index contributed by atoms with van der Waals surface area (Å²) in [5.41, 5.74) is -0.507. The van der Waals surface area contributed by atoms with E-state index in [1.807, 2.05) is 0 Å². The summed E-state index contributed by atoms with van der Waals surface area (Å²) in [5, 5.41) is 0.306. The first-order chi connectivity index (χ1) is 13.4. The van der Waals surface area contributed by atoms with Gasteiger partial charge < -0.3 is 14.5 Å². The van der Waals surface area contributed by atoms with Gasteiger partial charge in [-0.25, -0.2) is 14.0 Å². The number of aromatic nitrogens is 2. The van der Waals surface area contributed by atoms with Crippen LogP contribution in [0.3, 0.4) is 0 Å². The molecule has 0 spiro atoms. The molecule has 3 rings (SSSR count). The molecule has 1 atom stereocenters. The number of esters is 1. The van der Waals surface area contributed by atoms with Crippen LogP contribution >= 0.6 is 0 Å². The predicted octanol–water partition coefficient (Wildman–Crippen LogP) is 2.47. The number of carbonyl (C=O) groups is 1. The van der Waals surface area contributed by atoms with E-state index in [9.17, 15) is 18.8 Å². The molecular formula is C20H19FN2O5. The Bertz CT molecular complexity index is 1140. The minimum absolute atomic E-state index is 0.0425. The number of hydrogen-bond acceptors (Lipinski definition) is 5.